The highest BCUT2D eigenvalue weighted by molar-refractivity contribution is 7.91. The number of aromatic nitrogens is 1. The zero-order chi connectivity index (χ0) is 23.0. The number of hydrogen-bond donors (Lipinski definition) is 0. The smallest absolute Gasteiger partial charge is 0.208 e. The molecule has 1 aliphatic rings. The van der Waals surface area contributed by atoms with Gasteiger partial charge in [-0.25, -0.2) is 8.42 Å². The Balaban J connectivity index is 1.78. The molecule has 0 fully saturated rings. The highest BCUT2D eigenvalue weighted by Gasteiger charge is 2.29. The minimum Gasteiger partial charge on any atom is -0.486 e. The van der Waals surface area contributed by atoms with Gasteiger partial charge in [-0.1, -0.05) is 49.4 Å². The van der Waals surface area contributed by atoms with Crippen LogP contribution in [-0.4, -0.2) is 32.4 Å². The van der Waals surface area contributed by atoms with Gasteiger partial charge in [0.2, 0.25) is 9.84 Å². The quantitative estimate of drug-likeness (QED) is 0.405. The van der Waals surface area contributed by atoms with Crippen LogP contribution in [0.5, 0.6) is 11.5 Å². The number of sulfone groups is 1. The monoisotopic (exact) mass is 459 g/mol. The number of nitrogens with zero attached hydrogens (tertiary/aromatic N) is 1. The fraction of sp³-hybridized carbons (Fsp3) is 0.154. The molecule has 1 aliphatic heterocycles. The Hall–Kier alpha value is -3.71. The van der Waals surface area contributed by atoms with Crippen molar-refractivity contribution in [2.75, 3.05) is 13.2 Å². The van der Waals surface area contributed by atoms with E-state index in [1.54, 1.807) is 42.5 Å². The standard InChI is InChI=1S/C26H21NO5S/c1-2-17-8-10-18(11-9-17)25(28)21-16-27-22-15-24-23(31-12-13-32-24)14-20(22)26(21)33(29,30)19-6-4-3-5-7-19/h3-11,14-16H,2,12-13H2,1H3. The summed E-state index contributed by atoms with van der Waals surface area (Å²) in [4.78, 5) is 18.0. The van der Waals surface area contributed by atoms with Crippen LogP contribution in [-0.2, 0) is 16.3 Å². The summed E-state index contributed by atoms with van der Waals surface area (Å²) in [7, 11) is -4.05. The molecular formula is C26H21NO5S. The lowest BCUT2D eigenvalue weighted by atomic mass is 10.0. The van der Waals surface area contributed by atoms with Gasteiger partial charge >= 0.3 is 0 Å². The number of hydrogen-bond acceptors (Lipinski definition) is 6. The number of benzene rings is 3. The third-order valence-corrected chi connectivity index (χ3v) is 7.54. The number of pyridine rings is 1. The lowest BCUT2D eigenvalue weighted by Crippen LogP contribution is -2.16. The summed E-state index contributed by atoms with van der Waals surface area (Å²) in [6.07, 6.45) is 2.18. The molecule has 0 atom stereocenters. The maximum Gasteiger partial charge on any atom is 0.208 e. The lowest BCUT2D eigenvalue weighted by Gasteiger charge is -2.20. The Kier molecular flexibility index (Phi) is 5.34. The predicted octanol–water partition coefficient (Wildman–Crippen LogP) is 4.63. The molecule has 5 rings (SSSR count). The number of carbonyl (C=O) groups excluding carboxylic acids is 1. The van der Waals surface area contributed by atoms with Gasteiger partial charge in [-0.15, -0.1) is 0 Å². The van der Waals surface area contributed by atoms with Crippen LogP contribution in [0.4, 0.5) is 0 Å². The van der Waals surface area contributed by atoms with E-state index in [0.717, 1.165) is 12.0 Å². The summed E-state index contributed by atoms with van der Waals surface area (Å²) >= 11 is 0. The van der Waals surface area contributed by atoms with Crippen LogP contribution in [0.25, 0.3) is 10.9 Å². The van der Waals surface area contributed by atoms with Crippen molar-refractivity contribution in [3.05, 3.63) is 89.6 Å². The SMILES string of the molecule is CCc1ccc(C(=O)c2cnc3cc4c(cc3c2S(=O)(=O)c2ccccc2)OCCO4)cc1. The molecule has 3 aromatic carbocycles. The molecule has 0 bridgehead atoms. The van der Waals surface area contributed by atoms with Crippen LogP contribution < -0.4 is 9.47 Å². The molecule has 2 heterocycles. The summed E-state index contributed by atoms with van der Waals surface area (Å²) in [6, 6.07) is 18.5. The number of ether oxygens (including phenoxy) is 2. The van der Waals surface area contributed by atoms with Gasteiger partial charge in [-0.2, -0.15) is 0 Å². The lowest BCUT2D eigenvalue weighted by molar-refractivity contribution is 0.103. The molecule has 0 saturated carbocycles. The van der Waals surface area contributed by atoms with Crippen molar-refractivity contribution < 1.29 is 22.7 Å². The first kappa shape index (κ1) is 21.2. The first-order valence-corrected chi connectivity index (χ1v) is 12.1. The molecule has 0 amide bonds. The van der Waals surface area contributed by atoms with Crippen molar-refractivity contribution in [1.29, 1.82) is 0 Å². The summed E-state index contributed by atoms with van der Waals surface area (Å²) < 4.78 is 39.0. The highest BCUT2D eigenvalue weighted by Crippen LogP contribution is 2.39. The van der Waals surface area contributed by atoms with Gasteiger partial charge in [-0.3, -0.25) is 9.78 Å². The zero-order valence-corrected chi connectivity index (χ0v) is 18.8. The van der Waals surface area contributed by atoms with Crippen molar-refractivity contribution in [2.24, 2.45) is 0 Å². The van der Waals surface area contributed by atoms with Crippen molar-refractivity contribution in [1.82, 2.24) is 4.98 Å². The summed E-state index contributed by atoms with van der Waals surface area (Å²) in [5.41, 5.74) is 1.92. The van der Waals surface area contributed by atoms with Crippen molar-refractivity contribution in [3.63, 3.8) is 0 Å². The fourth-order valence-corrected chi connectivity index (χ4v) is 5.56. The van der Waals surface area contributed by atoms with Crippen molar-refractivity contribution in [3.8, 4) is 11.5 Å². The predicted molar refractivity (Wildman–Crippen MR) is 124 cm³/mol. The van der Waals surface area contributed by atoms with Gasteiger partial charge in [0.25, 0.3) is 0 Å². The fourth-order valence-electron chi connectivity index (χ4n) is 3.92. The first-order valence-electron chi connectivity index (χ1n) is 10.6. The van der Waals surface area contributed by atoms with E-state index in [0.29, 0.717) is 41.2 Å². The molecule has 166 valence electrons. The van der Waals surface area contributed by atoms with E-state index in [1.165, 1.54) is 18.3 Å². The van der Waals surface area contributed by atoms with E-state index in [-0.39, 0.29) is 15.4 Å². The maximum absolute atomic E-state index is 13.8. The van der Waals surface area contributed by atoms with Crippen molar-refractivity contribution >= 4 is 26.5 Å². The molecule has 0 spiro atoms. The van der Waals surface area contributed by atoms with Crippen LogP contribution >= 0.6 is 0 Å². The van der Waals surface area contributed by atoms with Gasteiger partial charge in [0.15, 0.2) is 17.3 Å². The van der Waals surface area contributed by atoms with E-state index >= 15 is 0 Å². The average Bonchev–Trinajstić information content (AvgIpc) is 2.86. The summed E-state index contributed by atoms with van der Waals surface area (Å²) in [6.45, 7) is 2.79. The second-order valence-corrected chi connectivity index (χ2v) is 9.60. The van der Waals surface area contributed by atoms with Crippen LogP contribution in [0.15, 0.2) is 82.7 Å². The largest absolute Gasteiger partial charge is 0.486 e. The number of ketones is 1. The van der Waals surface area contributed by atoms with Crippen LogP contribution in [0.3, 0.4) is 0 Å². The minimum atomic E-state index is -4.05. The van der Waals surface area contributed by atoms with Gasteiger partial charge in [0, 0.05) is 23.2 Å². The molecule has 0 saturated heterocycles. The Morgan fingerprint density at radius 1 is 0.939 bits per heavy atom. The maximum atomic E-state index is 13.8. The molecule has 1 aromatic heterocycles. The molecule has 0 aliphatic carbocycles. The molecule has 0 radical (unpaired) electrons. The third kappa shape index (κ3) is 3.74. The molecule has 4 aromatic rings. The molecule has 6 nitrogen and oxygen atoms in total. The first-order chi connectivity index (χ1) is 16.0. The topological polar surface area (TPSA) is 82.6 Å². The van der Waals surface area contributed by atoms with Gasteiger partial charge < -0.3 is 9.47 Å². The third-order valence-electron chi connectivity index (χ3n) is 5.67. The zero-order valence-electron chi connectivity index (χ0n) is 17.9. The molecule has 7 heteroatoms. The normalized spacial score (nSPS) is 13.1. The average molecular weight is 460 g/mol. The Labute approximate surface area is 191 Å². The Morgan fingerprint density at radius 2 is 1.61 bits per heavy atom. The van der Waals surface area contributed by atoms with Crippen LogP contribution in [0.2, 0.25) is 0 Å². The van der Waals surface area contributed by atoms with Crippen LogP contribution in [0, 0.1) is 0 Å². The Morgan fingerprint density at radius 3 is 2.27 bits per heavy atom. The van der Waals surface area contributed by atoms with E-state index < -0.39 is 15.6 Å². The van der Waals surface area contributed by atoms with E-state index in [2.05, 4.69) is 4.98 Å². The van der Waals surface area contributed by atoms with E-state index in [1.807, 2.05) is 19.1 Å². The summed E-state index contributed by atoms with van der Waals surface area (Å²) in [5.74, 6) is 0.520. The van der Waals surface area contributed by atoms with Gasteiger partial charge in [0.1, 0.15) is 13.2 Å². The van der Waals surface area contributed by atoms with Gasteiger partial charge in [-0.05, 0) is 30.2 Å². The molecular weight excluding hydrogens is 438 g/mol. The highest BCUT2D eigenvalue weighted by atomic mass is 32.2. The number of aryl methyl sites for hydroxylation is 1. The van der Waals surface area contributed by atoms with E-state index in [9.17, 15) is 13.2 Å². The van der Waals surface area contributed by atoms with Crippen LogP contribution in [0.1, 0.15) is 28.4 Å². The van der Waals surface area contributed by atoms with Gasteiger partial charge in [0.05, 0.1) is 20.9 Å². The molecule has 33 heavy (non-hydrogen) atoms. The number of fused-ring (bicyclic) bond motifs is 2. The second-order valence-electron chi connectivity index (χ2n) is 7.71. The number of carbonyl (C=O) groups is 1. The molecule has 0 unspecified atom stereocenters. The Bertz CT molecular complexity index is 1460. The summed E-state index contributed by atoms with van der Waals surface area (Å²) in [5, 5.41) is 0.319. The molecule has 0 N–H and O–H groups in total. The van der Waals surface area contributed by atoms with Crippen molar-refractivity contribution in [2.45, 2.75) is 23.1 Å². The minimum absolute atomic E-state index is 0.0206. The second kappa shape index (κ2) is 8.33. The number of rotatable bonds is 5. The van der Waals surface area contributed by atoms with E-state index in [4.69, 9.17) is 9.47 Å².